The molecule has 1 heterocycles. The molecule has 1 unspecified atom stereocenters. The lowest BCUT2D eigenvalue weighted by Gasteiger charge is -2.32. The lowest BCUT2D eigenvalue weighted by atomic mass is 9.88. The van der Waals surface area contributed by atoms with Crippen molar-refractivity contribution >= 4 is 28.4 Å². The molecule has 1 aliphatic rings. The van der Waals surface area contributed by atoms with E-state index < -0.39 is 0 Å². The Hall–Kier alpha value is -3.08. The summed E-state index contributed by atoms with van der Waals surface area (Å²) in [5, 5.41) is 5.62. The van der Waals surface area contributed by atoms with Gasteiger partial charge in [0.15, 0.2) is 0 Å². The predicted octanol–water partition coefficient (Wildman–Crippen LogP) is 7.30. The number of fused-ring (bicyclic) bond motifs is 1. The average Bonchev–Trinajstić information content (AvgIpc) is 2.94. The molecule has 5 rings (SSSR count). The number of hydrogen-bond donors (Lipinski definition) is 1. The summed E-state index contributed by atoms with van der Waals surface area (Å²) >= 11 is 1.93. The quantitative estimate of drug-likeness (QED) is 0.261. The first-order chi connectivity index (χ1) is 17.7. The lowest BCUT2D eigenvalue weighted by Crippen LogP contribution is -2.34. The van der Waals surface area contributed by atoms with Gasteiger partial charge in [-0.25, -0.2) is 0 Å². The van der Waals surface area contributed by atoms with Gasteiger partial charge in [0.2, 0.25) is 0 Å². The highest BCUT2D eigenvalue weighted by Gasteiger charge is 2.21. The molecule has 0 spiro atoms. The Kier molecular flexibility index (Phi) is 8.04. The second-order valence-electron chi connectivity index (χ2n) is 9.67. The molecular formula is C32H34N2OS. The van der Waals surface area contributed by atoms with E-state index in [-0.39, 0.29) is 11.9 Å². The Morgan fingerprint density at radius 1 is 0.917 bits per heavy atom. The summed E-state index contributed by atoms with van der Waals surface area (Å²) in [6.07, 6.45) is 2.29. The number of thioether (sulfide) groups is 1. The van der Waals surface area contributed by atoms with Crippen LogP contribution in [0.25, 0.3) is 10.8 Å². The smallest absolute Gasteiger partial charge is 0.251 e. The first kappa shape index (κ1) is 24.6. The zero-order valence-electron chi connectivity index (χ0n) is 20.9. The standard InChI is InChI=1S/C32H34N2OS/c1-24(30-16-8-10-26-9-5-6-15-31(26)30)33-32(35)28-12-7-11-27(23-28)25-17-19-34(20-18-25)21-22-36-29-13-3-2-4-14-29/h2-16,23-25H,17-22H2,1H3,(H,33,35). The number of carbonyl (C=O) groups is 1. The molecule has 1 N–H and O–H groups in total. The second-order valence-corrected chi connectivity index (χ2v) is 10.8. The number of likely N-dealkylation sites (tertiary alicyclic amines) is 1. The Bertz CT molecular complexity index is 1290. The molecule has 4 heteroatoms. The molecule has 1 amide bonds. The van der Waals surface area contributed by atoms with Crippen LogP contribution in [0.1, 0.15) is 53.2 Å². The number of carbonyl (C=O) groups excluding carboxylic acids is 1. The number of piperidine rings is 1. The van der Waals surface area contributed by atoms with Crippen molar-refractivity contribution in [2.45, 2.75) is 36.6 Å². The van der Waals surface area contributed by atoms with E-state index in [9.17, 15) is 4.79 Å². The lowest BCUT2D eigenvalue weighted by molar-refractivity contribution is 0.0940. The van der Waals surface area contributed by atoms with E-state index in [0.29, 0.717) is 5.92 Å². The normalized spacial score (nSPS) is 15.6. The largest absolute Gasteiger partial charge is 0.345 e. The van der Waals surface area contributed by atoms with E-state index >= 15 is 0 Å². The third-order valence-corrected chi connectivity index (χ3v) is 8.26. The summed E-state index contributed by atoms with van der Waals surface area (Å²) in [5.41, 5.74) is 3.19. The number of nitrogens with zero attached hydrogens (tertiary/aromatic N) is 1. The summed E-state index contributed by atoms with van der Waals surface area (Å²) in [5.74, 6) is 1.64. The fourth-order valence-electron chi connectivity index (χ4n) is 5.22. The molecule has 0 bridgehead atoms. The summed E-state index contributed by atoms with van der Waals surface area (Å²) in [6.45, 7) is 5.43. The topological polar surface area (TPSA) is 32.3 Å². The fourth-order valence-corrected chi connectivity index (χ4v) is 6.15. The molecule has 1 aliphatic heterocycles. The van der Waals surface area contributed by atoms with Crippen LogP contribution in [0.2, 0.25) is 0 Å². The van der Waals surface area contributed by atoms with E-state index in [0.717, 1.165) is 49.4 Å². The minimum atomic E-state index is -0.0655. The summed E-state index contributed by atoms with van der Waals surface area (Å²) in [7, 11) is 0. The molecule has 0 aliphatic carbocycles. The minimum absolute atomic E-state index is 0.00680. The van der Waals surface area contributed by atoms with Crippen molar-refractivity contribution in [3.05, 3.63) is 114 Å². The van der Waals surface area contributed by atoms with Gasteiger partial charge in [-0.2, -0.15) is 0 Å². The molecule has 0 saturated carbocycles. The van der Waals surface area contributed by atoms with E-state index in [1.54, 1.807) is 0 Å². The van der Waals surface area contributed by atoms with Crippen LogP contribution in [0.5, 0.6) is 0 Å². The van der Waals surface area contributed by atoms with E-state index in [1.165, 1.54) is 21.2 Å². The average molecular weight is 495 g/mol. The Morgan fingerprint density at radius 3 is 2.47 bits per heavy atom. The van der Waals surface area contributed by atoms with Crippen molar-refractivity contribution in [1.29, 1.82) is 0 Å². The molecule has 3 nitrogen and oxygen atoms in total. The highest BCUT2D eigenvalue weighted by molar-refractivity contribution is 7.99. The Balaban J connectivity index is 1.16. The van der Waals surface area contributed by atoms with E-state index in [4.69, 9.17) is 0 Å². The van der Waals surface area contributed by atoms with Crippen LogP contribution in [-0.4, -0.2) is 36.2 Å². The van der Waals surface area contributed by atoms with Gasteiger partial charge >= 0.3 is 0 Å². The minimum Gasteiger partial charge on any atom is -0.345 e. The van der Waals surface area contributed by atoms with Crippen LogP contribution in [0.15, 0.2) is 102 Å². The number of nitrogens with one attached hydrogen (secondary N) is 1. The third-order valence-electron chi connectivity index (χ3n) is 7.26. The maximum absolute atomic E-state index is 13.2. The first-order valence-electron chi connectivity index (χ1n) is 13.0. The molecule has 0 aromatic heterocycles. The molecular weight excluding hydrogens is 460 g/mol. The SMILES string of the molecule is CC(NC(=O)c1cccc(C2CCN(CCSc3ccccc3)CC2)c1)c1cccc2ccccc12. The molecule has 4 aromatic rings. The van der Waals surface area contributed by atoms with Crippen LogP contribution >= 0.6 is 11.8 Å². The molecule has 4 aromatic carbocycles. The Labute approximate surface area is 218 Å². The molecule has 36 heavy (non-hydrogen) atoms. The Morgan fingerprint density at radius 2 is 1.64 bits per heavy atom. The zero-order chi connectivity index (χ0) is 24.7. The van der Waals surface area contributed by atoms with Gasteiger partial charge in [-0.1, -0.05) is 72.8 Å². The molecule has 1 saturated heterocycles. The maximum atomic E-state index is 13.2. The van der Waals surface area contributed by atoms with Gasteiger partial charge in [-0.05, 0) is 84.9 Å². The molecule has 1 atom stereocenters. The van der Waals surface area contributed by atoms with Crippen LogP contribution in [0, 0.1) is 0 Å². The van der Waals surface area contributed by atoms with Crippen molar-refractivity contribution in [2.75, 3.05) is 25.4 Å². The van der Waals surface area contributed by atoms with Gasteiger partial charge in [0.05, 0.1) is 6.04 Å². The molecule has 0 radical (unpaired) electrons. The van der Waals surface area contributed by atoms with Crippen LogP contribution in [0.4, 0.5) is 0 Å². The number of hydrogen-bond acceptors (Lipinski definition) is 3. The van der Waals surface area contributed by atoms with Crippen molar-refractivity contribution < 1.29 is 4.79 Å². The second kappa shape index (κ2) is 11.8. The van der Waals surface area contributed by atoms with Gasteiger partial charge in [0.25, 0.3) is 5.91 Å². The predicted molar refractivity (Wildman–Crippen MR) is 152 cm³/mol. The van der Waals surface area contributed by atoms with Crippen LogP contribution in [-0.2, 0) is 0 Å². The highest BCUT2D eigenvalue weighted by atomic mass is 32.2. The summed E-state index contributed by atoms with van der Waals surface area (Å²) in [6, 6.07) is 33.5. The van der Waals surface area contributed by atoms with E-state index in [1.807, 2.05) is 23.9 Å². The van der Waals surface area contributed by atoms with Crippen molar-refractivity contribution in [3.8, 4) is 0 Å². The molecule has 184 valence electrons. The van der Waals surface area contributed by atoms with Crippen LogP contribution in [0.3, 0.4) is 0 Å². The number of rotatable bonds is 8. The van der Waals surface area contributed by atoms with Gasteiger partial charge < -0.3 is 10.2 Å². The van der Waals surface area contributed by atoms with Gasteiger partial charge in [0.1, 0.15) is 0 Å². The third kappa shape index (κ3) is 6.00. The van der Waals surface area contributed by atoms with Gasteiger partial charge in [0, 0.05) is 22.8 Å². The van der Waals surface area contributed by atoms with E-state index in [2.05, 4.69) is 102 Å². The van der Waals surface area contributed by atoms with Crippen molar-refractivity contribution in [2.24, 2.45) is 0 Å². The monoisotopic (exact) mass is 494 g/mol. The summed E-state index contributed by atoms with van der Waals surface area (Å²) in [4.78, 5) is 17.1. The number of benzene rings is 4. The van der Waals surface area contributed by atoms with Crippen molar-refractivity contribution in [1.82, 2.24) is 10.2 Å². The zero-order valence-corrected chi connectivity index (χ0v) is 21.7. The first-order valence-corrected chi connectivity index (χ1v) is 13.9. The van der Waals surface area contributed by atoms with Gasteiger partial charge in [-0.15, -0.1) is 11.8 Å². The van der Waals surface area contributed by atoms with Crippen molar-refractivity contribution in [3.63, 3.8) is 0 Å². The summed E-state index contributed by atoms with van der Waals surface area (Å²) < 4.78 is 0. The number of amides is 1. The molecule has 1 fully saturated rings. The van der Waals surface area contributed by atoms with Crippen LogP contribution < -0.4 is 5.32 Å². The highest BCUT2D eigenvalue weighted by Crippen LogP contribution is 2.29. The van der Waals surface area contributed by atoms with Gasteiger partial charge in [-0.3, -0.25) is 4.79 Å². The maximum Gasteiger partial charge on any atom is 0.251 e. The fraction of sp³-hybridized carbons (Fsp3) is 0.281.